The number of nitrogens with zero attached hydrogens (tertiary/aromatic N) is 2. The van der Waals surface area contributed by atoms with Crippen LogP contribution in [-0.4, -0.2) is 42.4 Å². The lowest BCUT2D eigenvalue weighted by Crippen LogP contribution is -2.27. The van der Waals surface area contributed by atoms with Gasteiger partial charge in [0.05, 0.1) is 25.4 Å². The summed E-state index contributed by atoms with van der Waals surface area (Å²) in [5.41, 5.74) is 8.63. The predicted octanol–water partition coefficient (Wildman–Crippen LogP) is 3.62. The van der Waals surface area contributed by atoms with Gasteiger partial charge in [-0.2, -0.15) is 0 Å². The largest absolute Gasteiger partial charge is 0.493 e. The van der Waals surface area contributed by atoms with E-state index in [4.69, 9.17) is 15.2 Å². The third kappa shape index (κ3) is 4.88. The molecule has 7 nitrogen and oxygen atoms in total. The number of carbonyl (C=O) groups excluding carboxylic acids is 1. The molecule has 0 unspecified atom stereocenters. The Kier molecular flexibility index (Phi) is 6.82. The lowest BCUT2D eigenvalue weighted by Gasteiger charge is -2.11. The van der Waals surface area contributed by atoms with Gasteiger partial charge in [0.1, 0.15) is 10.6 Å². The van der Waals surface area contributed by atoms with Crippen LogP contribution in [0.5, 0.6) is 11.5 Å². The van der Waals surface area contributed by atoms with Crippen molar-refractivity contribution in [3.8, 4) is 11.5 Å². The molecule has 0 bridgehead atoms. The summed E-state index contributed by atoms with van der Waals surface area (Å²) in [7, 11) is 3.22. The van der Waals surface area contributed by atoms with Gasteiger partial charge in [-0.15, -0.1) is 11.3 Å². The zero-order valence-electron chi connectivity index (χ0n) is 17.7. The van der Waals surface area contributed by atoms with Crippen molar-refractivity contribution in [3.05, 3.63) is 34.2 Å². The number of thioether (sulfide) groups is 1. The Morgan fingerprint density at radius 2 is 2.00 bits per heavy atom. The van der Waals surface area contributed by atoms with Crippen LogP contribution < -0.4 is 20.5 Å². The van der Waals surface area contributed by atoms with Gasteiger partial charge in [0.25, 0.3) is 0 Å². The van der Waals surface area contributed by atoms with E-state index in [9.17, 15) is 4.79 Å². The maximum absolute atomic E-state index is 12.3. The summed E-state index contributed by atoms with van der Waals surface area (Å²) >= 11 is 3.03. The van der Waals surface area contributed by atoms with E-state index >= 15 is 0 Å². The summed E-state index contributed by atoms with van der Waals surface area (Å²) in [4.78, 5) is 23.7. The van der Waals surface area contributed by atoms with Crippen LogP contribution in [-0.2, 0) is 24.1 Å². The molecule has 0 radical (unpaired) electrons. The minimum absolute atomic E-state index is 0.0572. The molecule has 1 aliphatic rings. The number of benzene rings is 1. The molecule has 1 amide bonds. The molecule has 0 atom stereocenters. The number of carbonyl (C=O) groups is 1. The number of aromatic nitrogens is 2. The highest BCUT2D eigenvalue weighted by atomic mass is 32.2. The molecule has 0 saturated heterocycles. The molecular formula is C22H26N4O3S2. The smallest absolute Gasteiger partial charge is 0.230 e. The molecule has 0 spiro atoms. The van der Waals surface area contributed by atoms with Crippen LogP contribution in [0.2, 0.25) is 0 Å². The van der Waals surface area contributed by atoms with Crippen molar-refractivity contribution in [1.82, 2.24) is 15.3 Å². The number of nitrogens with one attached hydrogen (secondary N) is 1. The molecule has 9 heteroatoms. The fourth-order valence-corrected chi connectivity index (χ4v) is 5.80. The second kappa shape index (κ2) is 9.74. The van der Waals surface area contributed by atoms with Crippen molar-refractivity contribution in [2.75, 3.05) is 32.3 Å². The molecule has 1 aromatic carbocycles. The van der Waals surface area contributed by atoms with Gasteiger partial charge in [0.2, 0.25) is 5.91 Å². The Hall–Kier alpha value is -2.52. The number of methoxy groups -OCH3 is 2. The van der Waals surface area contributed by atoms with Gasteiger partial charge in [-0.3, -0.25) is 4.79 Å². The summed E-state index contributed by atoms with van der Waals surface area (Å²) in [6, 6.07) is 5.76. The van der Waals surface area contributed by atoms with Crippen LogP contribution >= 0.6 is 23.1 Å². The fraction of sp³-hybridized carbons (Fsp3) is 0.409. The third-order valence-electron chi connectivity index (χ3n) is 5.34. The number of anilines is 1. The number of nitrogen functional groups attached to an aromatic ring is 1. The molecule has 0 fully saturated rings. The van der Waals surface area contributed by atoms with Gasteiger partial charge in [0.15, 0.2) is 16.7 Å². The van der Waals surface area contributed by atoms with E-state index in [1.807, 2.05) is 18.2 Å². The number of amides is 1. The van der Waals surface area contributed by atoms with E-state index < -0.39 is 0 Å². The molecule has 164 valence electrons. The van der Waals surface area contributed by atoms with E-state index in [-0.39, 0.29) is 11.7 Å². The Morgan fingerprint density at radius 3 is 2.81 bits per heavy atom. The van der Waals surface area contributed by atoms with Crippen LogP contribution in [0, 0.1) is 0 Å². The van der Waals surface area contributed by atoms with Crippen LogP contribution in [0.4, 0.5) is 5.82 Å². The molecule has 3 N–H and O–H groups in total. The first-order valence-corrected chi connectivity index (χ1v) is 12.1. The van der Waals surface area contributed by atoms with E-state index in [0.717, 1.165) is 28.6 Å². The van der Waals surface area contributed by atoms with Gasteiger partial charge in [-0.25, -0.2) is 9.97 Å². The summed E-state index contributed by atoms with van der Waals surface area (Å²) in [5.74, 6) is 2.10. The van der Waals surface area contributed by atoms with Crippen molar-refractivity contribution in [1.29, 1.82) is 0 Å². The molecule has 1 aliphatic carbocycles. The minimum atomic E-state index is -0.0572. The number of rotatable bonds is 8. The maximum Gasteiger partial charge on any atom is 0.230 e. The topological polar surface area (TPSA) is 99.4 Å². The van der Waals surface area contributed by atoms with Crippen molar-refractivity contribution < 1.29 is 14.3 Å². The summed E-state index contributed by atoms with van der Waals surface area (Å²) < 4.78 is 10.6. The summed E-state index contributed by atoms with van der Waals surface area (Å²) in [6.45, 7) is 0.536. The number of hydrogen-bond acceptors (Lipinski definition) is 8. The summed E-state index contributed by atoms with van der Waals surface area (Å²) in [5, 5.41) is 4.51. The average molecular weight is 459 g/mol. The first-order valence-electron chi connectivity index (χ1n) is 10.3. The summed E-state index contributed by atoms with van der Waals surface area (Å²) in [6.07, 6.45) is 5.27. The van der Waals surface area contributed by atoms with Crippen molar-refractivity contribution in [3.63, 3.8) is 0 Å². The quantitative estimate of drug-likeness (QED) is 0.393. The van der Waals surface area contributed by atoms with Crippen LogP contribution in [0.3, 0.4) is 0 Å². The standard InChI is InChI=1S/C22H26N4O3S2/c1-28-15-8-7-13(11-16(15)29-2)9-10-24-18(27)12-30-22-25-20(23)19-14-5-3-4-6-17(14)31-21(19)26-22/h7-8,11H,3-6,9-10,12H2,1-2H3,(H,24,27)(H2,23,25,26). The number of hydrogen-bond donors (Lipinski definition) is 2. The van der Waals surface area contributed by atoms with Crippen LogP contribution in [0.15, 0.2) is 23.4 Å². The second-order valence-corrected chi connectivity index (χ2v) is 9.39. The zero-order valence-corrected chi connectivity index (χ0v) is 19.3. The number of aryl methyl sites for hydroxylation is 2. The lowest BCUT2D eigenvalue weighted by atomic mass is 9.97. The monoisotopic (exact) mass is 458 g/mol. The Morgan fingerprint density at radius 1 is 1.19 bits per heavy atom. The fourth-order valence-electron chi connectivity index (χ4n) is 3.79. The third-order valence-corrected chi connectivity index (χ3v) is 7.37. The first kappa shape index (κ1) is 21.7. The normalized spacial score (nSPS) is 13.1. The Bertz CT molecular complexity index is 1100. The van der Waals surface area contributed by atoms with Crippen molar-refractivity contribution in [2.45, 2.75) is 37.3 Å². The van der Waals surface area contributed by atoms with Crippen LogP contribution in [0.1, 0.15) is 28.8 Å². The van der Waals surface area contributed by atoms with Crippen LogP contribution in [0.25, 0.3) is 10.2 Å². The lowest BCUT2D eigenvalue weighted by molar-refractivity contribution is -0.118. The van der Waals surface area contributed by atoms with Gasteiger partial charge in [-0.1, -0.05) is 17.8 Å². The second-order valence-electron chi connectivity index (χ2n) is 7.36. The van der Waals surface area contributed by atoms with Crippen molar-refractivity contribution >= 4 is 45.0 Å². The molecule has 0 aliphatic heterocycles. The molecule has 2 aromatic heterocycles. The Labute approximate surface area is 189 Å². The highest BCUT2D eigenvalue weighted by Gasteiger charge is 2.20. The number of thiophene rings is 1. The molecule has 4 rings (SSSR count). The zero-order chi connectivity index (χ0) is 21.8. The molecule has 31 heavy (non-hydrogen) atoms. The van der Waals surface area contributed by atoms with E-state index in [0.29, 0.717) is 35.4 Å². The van der Waals surface area contributed by atoms with Gasteiger partial charge in [-0.05, 0) is 55.4 Å². The predicted molar refractivity (Wildman–Crippen MR) is 125 cm³/mol. The van der Waals surface area contributed by atoms with E-state index in [1.165, 1.54) is 35.0 Å². The first-order chi connectivity index (χ1) is 15.1. The highest BCUT2D eigenvalue weighted by molar-refractivity contribution is 7.99. The van der Waals surface area contributed by atoms with Gasteiger partial charge >= 0.3 is 0 Å². The minimum Gasteiger partial charge on any atom is -0.493 e. The van der Waals surface area contributed by atoms with Gasteiger partial charge < -0.3 is 20.5 Å². The van der Waals surface area contributed by atoms with Gasteiger partial charge in [0, 0.05) is 11.4 Å². The number of nitrogens with two attached hydrogens (primary N) is 1. The maximum atomic E-state index is 12.3. The number of fused-ring (bicyclic) bond motifs is 3. The molecule has 2 heterocycles. The van der Waals surface area contributed by atoms with Crippen molar-refractivity contribution in [2.24, 2.45) is 0 Å². The molecule has 3 aromatic rings. The molecule has 0 saturated carbocycles. The number of ether oxygens (including phenoxy) is 2. The van der Waals surface area contributed by atoms with E-state index in [1.54, 1.807) is 25.6 Å². The average Bonchev–Trinajstić information content (AvgIpc) is 3.16. The Balaban J connectivity index is 1.31. The SMILES string of the molecule is COc1ccc(CCNC(=O)CSc2nc(N)c3c4c(sc3n2)CCCC4)cc1OC. The molecular weight excluding hydrogens is 432 g/mol. The highest BCUT2D eigenvalue weighted by Crippen LogP contribution is 2.38. The van der Waals surface area contributed by atoms with E-state index in [2.05, 4.69) is 15.3 Å².